The largest absolute Gasteiger partial charge is 0.387 e. The topological polar surface area (TPSA) is 239 Å². The van der Waals surface area contributed by atoms with Crippen molar-refractivity contribution in [3.8, 4) is 0 Å². The number of aliphatic hydroxyl groups is 4. The minimum absolute atomic E-state index is 0.201. The highest BCUT2D eigenvalue weighted by Gasteiger charge is 2.46. The van der Waals surface area contributed by atoms with Crippen molar-refractivity contribution in [2.75, 3.05) is 23.0 Å². The fraction of sp³-hybridized carbons (Fsp3) is 0.500. The van der Waals surface area contributed by atoms with E-state index in [1.807, 2.05) is 0 Å². The second-order valence-corrected chi connectivity index (χ2v) is 11.4. The standard InChI is InChI=1S/C20H24N10O6S2/c21-15-9-17(25-3-23-15)29(5-27-9)19-13(33)11(31)7(35-19)1-37-38-2-8-12(32)14(34)20(36-8)30-6-28-10-16(22)24-4-26-18(10)30/h3-8,11-14,19-20,31-34H,1-2H2,(H2,21,23,25)(H2,22,24,26)/t7-,8+,11-,12+,13-,14+,19?,20?. The molecule has 202 valence electrons. The van der Waals surface area contributed by atoms with Crippen molar-refractivity contribution in [2.24, 2.45) is 0 Å². The summed E-state index contributed by atoms with van der Waals surface area (Å²) in [5.74, 6) is 1.07. The summed E-state index contributed by atoms with van der Waals surface area (Å²) in [6.45, 7) is 0. The third-order valence-electron chi connectivity index (χ3n) is 6.54. The quantitative estimate of drug-likeness (QED) is 0.110. The lowest BCUT2D eigenvalue weighted by Crippen LogP contribution is -2.33. The van der Waals surface area contributed by atoms with Crippen LogP contribution >= 0.6 is 21.6 Å². The molecule has 8 N–H and O–H groups in total. The molecule has 6 rings (SSSR count). The molecular weight excluding hydrogens is 540 g/mol. The molecule has 2 saturated heterocycles. The Morgan fingerprint density at radius 3 is 1.50 bits per heavy atom. The molecule has 18 heteroatoms. The molecule has 16 nitrogen and oxygen atoms in total. The first kappa shape index (κ1) is 25.4. The summed E-state index contributed by atoms with van der Waals surface area (Å²) in [5, 5.41) is 42.4. The SMILES string of the molecule is Nc1ncnc2c1ncn2C1O[C@@H](CSSC[C@H]2OC(n3cnc4c(N)ncnc43)[C@H](O)[C@@H]2O)[C@H](O)[C@@H]1O. The molecule has 0 amide bonds. The molecule has 2 fully saturated rings. The monoisotopic (exact) mass is 564 g/mol. The van der Waals surface area contributed by atoms with Crippen LogP contribution in [0.25, 0.3) is 22.3 Å². The Kier molecular flexibility index (Phi) is 6.72. The molecule has 0 aromatic carbocycles. The zero-order valence-corrected chi connectivity index (χ0v) is 21.1. The van der Waals surface area contributed by atoms with Crippen molar-refractivity contribution in [3.05, 3.63) is 25.3 Å². The van der Waals surface area contributed by atoms with E-state index in [1.165, 1.54) is 56.0 Å². The van der Waals surface area contributed by atoms with Gasteiger partial charge >= 0.3 is 0 Å². The number of hydrogen-bond acceptors (Lipinski definition) is 16. The molecule has 2 unspecified atom stereocenters. The number of aliphatic hydroxyl groups excluding tert-OH is 4. The van der Waals surface area contributed by atoms with Crippen molar-refractivity contribution >= 4 is 55.6 Å². The predicted molar refractivity (Wildman–Crippen MR) is 136 cm³/mol. The normalized spacial score (nSPS) is 31.6. The van der Waals surface area contributed by atoms with Crippen LogP contribution in [0.3, 0.4) is 0 Å². The molecular formula is C20H24N10O6S2. The Hall–Kier alpha value is -2.84. The number of imidazole rings is 2. The van der Waals surface area contributed by atoms with Gasteiger partial charge in [-0.25, -0.2) is 29.9 Å². The first-order valence-electron chi connectivity index (χ1n) is 11.5. The smallest absolute Gasteiger partial charge is 0.167 e. The number of nitrogen functional groups attached to an aromatic ring is 2. The number of nitrogens with two attached hydrogens (primary N) is 2. The van der Waals surface area contributed by atoms with E-state index < -0.39 is 49.1 Å². The summed E-state index contributed by atoms with van der Waals surface area (Å²) in [6, 6.07) is 0. The Morgan fingerprint density at radius 2 is 1.08 bits per heavy atom. The fourth-order valence-corrected chi connectivity index (χ4v) is 6.93. The van der Waals surface area contributed by atoms with Gasteiger partial charge in [0.05, 0.1) is 24.9 Å². The van der Waals surface area contributed by atoms with E-state index in [2.05, 4.69) is 29.9 Å². The number of anilines is 2. The number of aromatic nitrogens is 8. The highest BCUT2D eigenvalue weighted by molar-refractivity contribution is 8.76. The van der Waals surface area contributed by atoms with Gasteiger partial charge in [0.25, 0.3) is 0 Å². The molecule has 8 atom stereocenters. The van der Waals surface area contributed by atoms with Crippen LogP contribution in [0.15, 0.2) is 25.3 Å². The first-order valence-corrected chi connectivity index (χ1v) is 14.0. The number of nitrogens with zero attached hydrogens (tertiary/aromatic N) is 8. The maximum absolute atomic E-state index is 10.6. The van der Waals surface area contributed by atoms with E-state index in [9.17, 15) is 20.4 Å². The molecule has 0 spiro atoms. The molecule has 6 heterocycles. The number of ether oxygens (including phenoxy) is 2. The van der Waals surface area contributed by atoms with E-state index in [-0.39, 0.29) is 11.6 Å². The van der Waals surface area contributed by atoms with Crippen molar-refractivity contribution in [1.82, 2.24) is 39.0 Å². The average molecular weight is 565 g/mol. The van der Waals surface area contributed by atoms with E-state index in [0.717, 1.165) is 0 Å². The summed E-state index contributed by atoms with van der Waals surface area (Å²) in [4.78, 5) is 24.5. The van der Waals surface area contributed by atoms with Gasteiger partial charge in [-0.15, -0.1) is 0 Å². The lowest BCUT2D eigenvalue weighted by atomic mass is 10.1. The van der Waals surface area contributed by atoms with Crippen LogP contribution in [0.4, 0.5) is 11.6 Å². The zero-order valence-electron chi connectivity index (χ0n) is 19.5. The van der Waals surface area contributed by atoms with E-state index in [4.69, 9.17) is 20.9 Å². The van der Waals surface area contributed by atoms with Gasteiger partial charge in [0.1, 0.15) is 48.1 Å². The summed E-state index contributed by atoms with van der Waals surface area (Å²) >= 11 is 0. The van der Waals surface area contributed by atoms with Gasteiger partial charge in [-0.3, -0.25) is 9.13 Å². The molecule has 0 bridgehead atoms. The highest BCUT2D eigenvalue weighted by Crippen LogP contribution is 2.38. The lowest BCUT2D eigenvalue weighted by molar-refractivity contribution is -0.0290. The van der Waals surface area contributed by atoms with Gasteiger partial charge < -0.3 is 41.4 Å². The van der Waals surface area contributed by atoms with Gasteiger partial charge in [-0.1, -0.05) is 21.6 Å². The maximum Gasteiger partial charge on any atom is 0.167 e. The highest BCUT2D eigenvalue weighted by atomic mass is 33.1. The van der Waals surface area contributed by atoms with Gasteiger partial charge in [-0.2, -0.15) is 0 Å². The number of hydrogen-bond donors (Lipinski definition) is 6. The Labute approximate surface area is 221 Å². The minimum Gasteiger partial charge on any atom is -0.387 e. The number of rotatable bonds is 7. The van der Waals surface area contributed by atoms with Gasteiger partial charge in [0, 0.05) is 11.5 Å². The summed E-state index contributed by atoms with van der Waals surface area (Å²) in [5.41, 5.74) is 13.2. The maximum atomic E-state index is 10.6. The molecule has 38 heavy (non-hydrogen) atoms. The summed E-state index contributed by atoms with van der Waals surface area (Å²) in [7, 11) is 2.75. The van der Waals surface area contributed by atoms with Crippen molar-refractivity contribution in [3.63, 3.8) is 0 Å². The molecule has 4 aromatic heterocycles. The van der Waals surface area contributed by atoms with Gasteiger partial charge in [-0.05, 0) is 0 Å². The van der Waals surface area contributed by atoms with E-state index in [0.29, 0.717) is 33.8 Å². The molecule has 0 aliphatic carbocycles. The number of fused-ring (bicyclic) bond motifs is 2. The third-order valence-corrected chi connectivity index (χ3v) is 8.96. The van der Waals surface area contributed by atoms with Crippen LogP contribution in [-0.2, 0) is 9.47 Å². The Bertz CT molecular complexity index is 1350. The van der Waals surface area contributed by atoms with Crippen molar-refractivity contribution in [2.45, 2.75) is 49.1 Å². The molecule has 0 saturated carbocycles. The van der Waals surface area contributed by atoms with Gasteiger partial charge in [0.15, 0.2) is 35.4 Å². The average Bonchev–Trinajstić information content (AvgIpc) is 3.66. The van der Waals surface area contributed by atoms with Crippen LogP contribution in [0.2, 0.25) is 0 Å². The fourth-order valence-electron chi connectivity index (χ4n) is 4.54. The van der Waals surface area contributed by atoms with Crippen LogP contribution in [0.1, 0.15) is 12.5 Å². The van der Waals surface area contributed by atoms with Crippen LogP contribution < -0.4 is 11.5 Å². The third kappa shape index (κ3) is 4.22. The molecule has 0 radical (unpaired) electrons. The van der Waals surface area contributed by atoms with E-state index >= 15 is 0 Å². The van der Waals surface area contributed by atoms with Crippen LogP contribution in [-0.4, -0.2) is 108 Å². The molecule has 2 aliphatic rings. The summed E-state index contributed by atoms with van der Waals surface area (Å²) in [6.07, 6.45) is -2.43. The zero-order chi connectivity index (χ0) is 26.6. The Morgan fingerprint density at radius 1 is 0.658 bits per heavy atom. The van der Waals surface area contributed by atoms with Gasteiger partial charge in [0.2, 0.25) is 0 Å². The molecule has 4 aromatic rings. The minimum atomic E-state index is -1.21. The summed E-state index contributed by atoms with van der Waals surface area (Å²) < 4.78 is 14.9. The first-order chi connectivity index (χ1) is 18.3. The lowest BCUT2D eigenvalue weighted by Gasteiger charge is -2.17. The second-order valence-electron chi connectivity index (χ2n) is 8.83. The molecule has 2 aliphatic heterocycles. The van der Waals surface area contributed by atoms with Crippen LogP contribution in [0.5, 0.6) is 0 Å². The second kappa shape index (κ2) is 10.0. The van der Waals surface area contributed by atoms with E-state index in [1.54, 1.807) is 0 Å². The predicted octanol–water partition coefficient (Wildman–Crippen LogP) is -1.55. The Balaban J connectivity index is 1.05. The van der Waals surface area contributed by atoms with Crippen LogP contribution in [0, 0.1) is 0 Å². The van der Waals surface area contributed by atoms with Crippen molar-refractivity contribution in [1.29, 1.82) is 0 Å². The van der Waals surface area contributed by atoms with Crippen molar-refractivity contribution < 1.29 is 29.9 Å².